The van der Waals surface area contributed by atoms with Crippen LogP contribution >= 0.6 is 0 Å². The molecule has 15 heavy (non-hydrogen) atoms. The van der Waals surface area contributed by atoms with Crippen LogP contribution in [0.4, 0.5) is 4.39 Å². The third kappa shape index (κ3) is 1.67. The van der Waals surface area contributed by atoms with Gasteiger partial charge in [-0.15, -0.1) is 0 Å². The van der Waals surface area contributed by atoms with Crippen molar-refractivity contribution in [2.45, 2.75) is 0 Å². The number of fused-ring (bicyclic) bond motifs is 1. The standard InChI is InChI=1S/C11H9FN2O/c12-10-6-8-4-2-1-3-7(8)5-9(10)11(15)14-13/h1-6H,13H2,(H,14,15). The lowest BCUT2D eigenvalue weighted by molar-refractivity contribution is 0.0950. The molecule has 0 saturated heterocycles. The van der Waals surface area contributed by atoms with Crippen molar-refractivity contribution in [3.05, 3.63) is 47.8 Å². The first-order valence-corrected chi connectivity index (χ1v) is 4.41. The number of rotatable bonds is 1. The molecule has 4 heteroatoms. The van der Waals surface area contributed by atoms with Gasteiger partial charge >= 0.3 is 0 Å². The zero-order chi connectivity index (χ0) is 10.8. The largest absolute Gasteiger partial charge is 0.290 e. The number of hydrogen-bond acceptors (Lipinski definition) is 2. The number of benzene rings is 2. The Labute approximate surface area is 85.7 Å². The summed E-state index contributed by atoms with van der Waals surface area (Å²) in [5.41, 5.74) is 1.86. The van der Waals surface area contributed by atoms with Crippen molar-refractivity contribution in [1.82, 2.24) is 5.43 Å². The van der Waals surface area contributed by atoms with Crippen LogP contribution in [0.1, 0.15) is 10.4 Å². The molecule has 0 radical (unpaired) electrons. The van der Waals surface area contributed by atoms with E-state index in [0.717, 1.165) is 10.8 Å². The highest BCUT2D eigenvalue weighted by atomic mass is 19.1. The molecule has 3 nitrogen and oxygen atoms in total. The quantitative estimate of drug-likeness (QED) is 0.421. The molecule has 0 aliphatic heterocycles. The predicted octanol–water partition coefficient (Wildman–Crippen LogP) is 1.58. The molecule has 0 aliphatic carbocycles. The van der Waals surface area contributed by atoms with Crippen LogP contribution in [0.5, 0.6) is 0 Å². The minimum absolute atomic E-state index is 0.0452. The second-order valence-electron chi connectivity index (χ2n) is 3.15. The highest BCUT2D eigenvalue weighted by Gasteiger charge is 2.11. The Morgan fingerprint density at radius 2 is 1.80 bits per heavy atom. The number of hydrazine groups is 1. The minimum atomic E-state index is -0.627. The lowest BCUT2D eigenvalue weighted by Gasteiger charge is -2.03. The number of nitrogens with one attached hydrogen (secondary N) is 1. The summed E-state index contributed by atoms with van der Waals surface area (Å²) in [5.74, 6) is 3.75. The maximum atomic E-state index is 13.4. The molecule has 0 heterocycles. The zero-order valence-electron chi connectivity index (χ0n) is 7.83. The average molecular weight is 204 g/mol. The molecule has 0 fully saturated rings. The zero-order valence-corrected chi connectivity index (χ0v) is 7.83. The number of nitrogen functional groups attached to an aromatic ring is 1. The molecular weight excluding hydrogens is 195 g/mol. The van der Waals surface area contributed by atoms with Gasteiger partial charge in [-0.05, 0) is 22.9 Å². The summed E-state index contributed by atoms with van der Waals surface area (Å²) in [4.78, 5) is 11.2. The highest BCUT2D eigenvalue weighted by Crippen LogP contribution is 2.18. The van der Waals surface area contributed by atoms with Crippen LogP contribution < -0.4 is 11.3 Å². The van der Waals surface area contributed by atoms with Gasteiger partial charge in [0.1, 0.15) is 5.82 Å². The van der Waals surface area contributed by atoms with Gasteiger partial charge in [0, 0.05) is 0 Å². The van der Waals surface area contributed by atoms with Gasteiger partial charge in [0.2, 0.25) is 0 Å². The molecule has 76 valence electrons. The molecule has 0 atom stereocenters. The van der Waals surface area contributed by atoms with E-state index in [-0.39, 0.29) is 5.56 Å². The Bertz CT molecular complexity index is 525. The Hall–Kier alpha value is -1.94. The van der Waals surface area contributed by atoms with Gasteiger partial charge in [0.15, 0.2) is 0 Å². The van der Waals surface area contributed by atoms with Gasteiger partial charge < -0.3 is 0 Å². The van der Waals surface area contributed by atoms with Crippen LogP contribution in [0.15, 0.2) is 36.4 Å². The Morgan fingerprint density at radius 3 is 2.40 bits per heavy atom. The van der Waals surface area contributed by atoms with Gasteiger partial charge in [0.25, 0.3) is 5.91 Å². The number of carbonyl (C=O) groups is 1. The van der Waals surface area contributed by atoms with Crippen molar-refractivity contribution in [3.63, 3.8) is 0 Å². The van der Waals surface area contributed by atoms with Gasteiger partial charge in [-0.2, -0.15) is 0 Å². The Balaban J connectivity index is 2.67. The fourth-order valence-corrected chi connectivity index (χ4v) is 1.46. The molecule has 2 aromatic carbocycles. The van der Waals surface area contributed by atoms with E-state index in [1.807, 2.05) is 23.6 Å². The van der Waals surface area contributed by atoms with Crippen LogP contribution in [0.3, 0.4) is 0 Å². The molecule has 0 aliphatic rings. The van der Waals surface area contributed by atoms with Crippen molar-refractivity contribution < 1.29 is 9.18 Å². The second kappa shape index (κ2) is 3.67. The van der Waals surface area contributed by atoms with E-state index >= 15 is 0 Å². The molecule has 1 amide bonds. The summed E-state index contributed by atoms with van der Waals surface area (Å²) in [5, 5.41) is 1.56. The molecule has 2 aromatic rings. The first kappa shape index (κ1) is 9.61. The Kier molecular flexibility index (Phi) is 2.35. The average Bonchev–Trinajstić information content (AvgIpc) is 2.27. The molecule has 2 rings (SSSR count). The van der Waals surface area contributed by atoms with E-state index in [2.05, 4.69) is 0 Å². The normalized spacial score (nSPS) is 10.3. The van der Waals surface area contributed by atoms with E-state index in [1.165, 1.54) is 12.1 Å². The van der Waals surface area contributed by atoms with E-state index in [4.69, 9.17) is 5.84 Å². The predicted molar refractivity (Wildman–Crippen MR) is 55.6 cm³/mol. The van der Waals surface area contributed by atoms with E-state index < -0.39 is 11.7 Å². The fourth-order valence-electron chi connectivity index (χ4n) is 1.46. The molecular formula is C11H9FN2O. The van der Waals surface area contributed by atoms with Crippen molar-refractivity contribution >= 4 is 16.7 Å². The highest BCUT2D eigenvalue weighted by molar-refractivity contribution is 5.98. The maximum absolute atomic E-state index is 13.4. The lowest BCUT2D eigenvalue weighted by atomic mass is 10.1. The smallest absolute Gasteiger partial charge is 0.268 e. The van der Waals surface area contributed by atoms with Crippen LogP contribution in [0, 0.1) is 5.82 Å². The van der Waals surface area contributed by atoms with Crippen LogP contribution in [-0.2, 0) is 0 Å². The van der Waals surface area contributed by atoms with Gasteiger partial charge in [-0.1, -0.05) is 24.3 Å². The van der Waals surface area contributed by atoms with E-state index in [0.29, 0.717) is 0 Å². The van der Waals surface area contributed by atoms with Crippen molar-refractivity contribution in [1.29, 1.82) is 0 Å². The Morgan fingerprint density at radius 1 is 1.20 bits per heavy atom. The SMILES string of the molecule is NNC(=O)c1cc2ccccc2cc1F. The topological polar surface area (TPSA) is 55.1 Å². The van der Waals surface area contributed by atoms with Gasteiger partial charge in [-0.3, -0.25) is 10.2 Å². The summed E-state index contributed by atoms with van der Waals surface area (Å²) in [6, 6.07) is 10.0. The molecule has 0 bridgehead atoms. The summed E-state index contributed by atoms with van der Waals surface area (Å²) >= 11 is 0. The van der Waals surface area contributed by atoms with E-state index in [1.54, 1.807) is 6.07 Å². The molecule has 0 spiro atoms. The number of halogens is 1. The van der Waals surface area contributed by atoms with Gasteiger partial charge in [0.05, 0.1) is 5.56 Å². The molecule has 0 aromatic heterocycles. The van der Waals surface area contributed by atoms with E-state index in [9.17, 15) is 9.18 Å². The summed E-state index contributed by atoms with van der Waals surface area (Å²) in [6.45, 7) is 0. The number of hydrogen-bond donors (Lipinski definition) is 2. The summed E-state index contributed by atoms with van der Waals surface area (Å²) in [6.07, 6.45) is 0. The van der Waals surface area contributed by atoms with Crippen molar-refractivity contribution in [2.24, 2.45) is 5.84 Å². The van der Waals surface area contributed by atoms with Crippen LogP contribution in [0.25, 0.3) is 10.8 Å². The monoisotopic (exact) mass is 204 g/mol. The molecule has 0 unspecified atom stereocenters. The molecule has 3 N–H and O–H groups in total. The van der Waals surface area contributed by atoms with Gasteiger partial charge in [-0.25, -0.2) is 10.2 Å². The first-order chi connectivity index (χ1) is 7.22. The number of amides is 1. The summed E-state index contributed by atoms with van der Waals surface area (Å²) in [7, 11) is 0. The third-order valence-electron chi connectivity index (χ3n) is 2.21. The molecule has 0 saturated carbocycles. The van der Waals surface area contributed by atoms with Crippen LogP contribution in [-0.4, -0.2) is 5.91 Å². The van der Waals surface area contributed by atoms with Crippen molar-refractivity contribution in [2.75, 3.05) is 0 Å². The number of carbonyl (C=O) groups excluding carboxylic acids is 1. The lowest BCUT2D eigenvalue weighted by Crippen LogP contribution is -2.30. The fraction of sp³-hybridized carbons (Fsp3) is 0. The summed E-state index contributed by atoms with van der Waals surface area (Å²) < 4.78 is 13.4. The maximum Gasteiger partial charge on any atom is 0.268 e. The van der Waals surface area contributed by atoms with Crippen LogP contribution in [0.2, 0.25) is 0 Å². The third-order valence-corrected chi connectivity index (χ3v) is 2.21. The number of nitrogens with two attached hydrogens (primary N) is 1. The first-order valence-electron chi connectivity index (χ1n) is 4.41. The second-order valence-corrected chi connectivity index (χ2v) is 3.15. The minimum Gasteiger partial charge on any atom is -0.290 e. The van der Waals surface area contributed by atoms with Crippen molar-refractivity contribution in [3.8, 4) is 0 Å².